The first-order valence-corrected chi connectivity index (χ1v) is 8.85. The van der Waals surface area contributed by atoms with E-state index in [4.69, 9.17) is 10.2 Å². The van der Waals surface area contributed by atoms with E-state index in [0.717, 1.165) is 17.2 Å². The van der Waals surface area contributed by atoms with Crippen LogP contribution in [0, 0.1) is 0 Å². The van der Waals surface area contributed by atoms with Gasteiger partial charge in [-0.1, -0.05) is 50.2 Å². The van der Waals surface area contributed by atoms with Gasteiger partial charge in [0.05, 0.1) is 7.11 Å². The third kappa shape index (κ3) is 4.99. The van der Waals surface area contributed by atoms with Crippen molar-refractivity contribution < 1.29 is 30.0 Å². The van der Waals surface area contributed by atoms with Crippen LogP contribution in [0.3, 0.4) is 0 Å². The summed E-state index contributed by atoms with van der Waals surface area (Å²) in [6.45, 7) is 3.97. The molecule has 0 saturated heterocycles. The summed E-state index contributed by atoms with van der Waals surface area (Å²) in [6, 6.07) is 18.1. The summed E-state index contributed by atoms with van der Waals surface area (Å²) in [5, 5.41) is 37.8. The summed E-state index contributed by atoms with van der Waals surface area (Å²) in [5.74, 6) is -0.518. The van der Waals surface area contributed by atoms with Gasteiger partial charge in [-0.3, -0.25) is 0 Å². The van der Waals surface area contributed by atoms with Gasteiger partial charge in [0.2, 0.25) is 0 Å². The fourth-order valence-electron chi connectivity index (χ4n) is 2.95. The summed E-state index contributed by atoms with van der Waals surface area (Å²) < 4.78 is 4.38. The molecule has 0 radical (unpaired) electrons. The summed E-state index contributed by atoms with van der Waals surface area (Å²) >= 11 is 0. The number of phenols is 4. The lowest BCUT2D eigenvalue weighted by molar-refractivity contribution is 0.0597. The van der Waals surface area contributed by atoms with Gasteiger partial charge in [0, 0.05) is 22.6 Å². The minimum absolute atomic E-state index is 0.0373. The van der Waals surface area contributed by atoms with Crippen LogP contribution in [0.2, 0.25) is 0 Å². The van der Waals surface area contributed by atoms with Crippen LogP contribution in [-0.2, 0) is 10.2 Å². The Labute approximate surface area is 169 Å². The van der Waals surface area contributed by atoms with Gasteiger partial charge < -0.3 is 25.2 Å². The maximum atomic E-state index is 10.9. The first kappa shape index (κ1) is 21.6. The summed E-state index contributed by atoms with van der Waals surface area (Å²) in [6.07, 6.45) is 0. The van der Waals surface area contributed by atoms with E-state index >= 15 is 0 Å². The van der Waals surface area contributed by atoms with Crippen molar-refractivity contribution in [3.63, 3.8) is 0 Å². The normalized spacial score (nSPS) is 10.6. The first-order chi connectivity index (χ1) is 13.7. The Hall–Kier alpha value is -3.67. The van der Waals surface area contributed by atoms with E-state index in [-0.39, 0.29) is 28.6 Å². The van der Waals surface area contributed by atoms with E-state index < -0.39 is 11.4 Å². The van der Waals surface area contributed by atoms with Gasteiger partial charge >= 0.3 is 5.97 Å². The van der Waals surface area contributed by atoms with E-state index in [1.54, 1.807) is 24.3 Å². The fraction of sp³-hybridized carbons (Fsp3) is 0.174. The summed E-state index contributed by atoms with van der Waals surface area (Å²) in [5.41, 5.74) is 1.22. The van der Waals surface area contributed by atoms with Crippen LogP contribution in [0.4, 0.5) is 0 Å². The van der Waals surface area contributed by atoms with E-state index in [0.29, 0.717) is 0 Å². The molecule has 3 aromatic rings. The molecule has 0 atom stereocenters. The van der Waals surface area contributed by atoms with Gasteiger partial charge in [-0.2, -0.15) is 0 Å². The van der Waals surface area contributed by atoms with E-state index in [1.165, 1.54) is 19.2 Å². The second-order valence-corrected chi connectivity index (χ2v) is 6.85. The Morgan fingerprint density at radius 3 is 1.66 bits per heavy atom. The number of para-hydroxylation sites is 2. The number of methoxy groups -OCH3 is 1. The molecule has 0 heterocycles. The standard InChI is InChI=1S/C15H16O2.C8H8O4/c1-15(2,11-7-3-5-9-13(11)16)12-8-4-6-10-14(12)17;1-12-8(11)6-3-2-5(9)4-7(6)10/h3-10,16-17H,1-2H3;2-4,9-10H,1H3. The zero-order valence-electron chi connectivity index (χ0n) is 16.5. The van der Waals surface area contributed by atoms with Crippen molar-refractivity contribution in [1.29, 1.82) is 0 Å². The molecular weight excluding hydrogens is 372 g/mol. The molecule has 6 heteroatoms. The number of benzene rings is 3. The number of ether oxygens (including phenoxy) is 1. The largest absolute Gasteiger partial charge is 0.508 e. The monoisotopic (exact) mass is 396 g/mol. The maximum absolute atomic E-state index is 10.9. The summed E-state index contributed by atoms with van der Waals surface area (Å²) in [4.78, 5) is 10.9. The Morgan fingerprint density at radius 2 is 1.24 bits per heavy atom. The average Bonchev–Trinajstić information content (AvgIpc) is 2.68. The zero-order chi connectivity index (χ0) is 21.6. The maximum Gasteiger partial charge on any atom is 0.341 e. The molecule has 0 spiro atoms. The number of esters is 1. The lowest BCUT2D eigenvalue weighted by Gasteiger charge is -2.27. The van der Waals surface area contributed by atoms with E-state index in [9.17, 15) is 15.0 Å². The van der Waals surface area contributed by atoms with Crippen LogP contribution >= 0.6 is 0 Å². The minimum atomic E-state index is -0.632. The van der Waals surface area contributed by atoms with Crippen LogP contribution in [-0.4, -0.2) is 33.5 Å². The Morgan fingerprint density at radius 1 is 0.759 bits per heavy atom. The molecular formula is C23H24O6. The molecule has 0 aliphatic heterocycles. The smallest absolute Gasteiger partial charge is 0.341 e. The first-order valence-electron chi connectivity index (χ1n) is 8.85. The highest BCUT2D eigenvalue weighted by Crippen LogP contribution is 2.40. The molecule has 6 nitrogen and oxygen atoms in total. The van der Waals surface area contributed by atoms with E-state index in [1.807, 2.05) is 38.1 Å². The third-order valence-electron chi connectivity index (χ3n) is 4.54. The highest BCUT2D eigenvalue weighted by Gasteiger charge is 2.28. The summed E-state index contributed by atoms with van der Waals surface area (Å²) in [7, 11) is 1.22. The molecule has 3 rings (SSSR count). The lowest BCUT2D eigenvalue weighted by Crippen LogP contribution is -2.19. The van der Waals surface area contributed by atoms with Crippen molar-refractivity contribution in [3.8, 4) is 23.0 Å². The Balaban J connectivity index is 0.000000221. The predicted octanol–water partition coefficient (Wildman–Crippen LogP) is 4.31. The lowest BCUT2D eigenvalue weighted by atomic mass is 9.77. The van der Waals surface area contributed by atoms with Crippen molar-refractivity contribution in [2.75, 3.05) is 7.11 Å². The second kappa shape index (κ2) is 9.01. The van der Waals surface area contributed by atoms with Crippen LogP contribution in [0.1, 0.15) is 35.3 Å². The number of hydrogen-bond donors (Lipinski definition) is 4. The molecule has 4 N–H and O–H groups in total. The number of phenolic OH excluding ortho intramolecular Hbond substituents is 4. The number of carbonyl (C=O) groups is 1. The molecule has 0 amide bonds. The van der Waals surface area contributed by atoms with Crippen molar-refractivity contribution in [1.82, 2.24) is 0 Å². The fourth-order valence-corrected chi connectivity index (χ4v) is 2.95. The Bertz CT molecular complexity index is 947. The van der Waals surface area contributed by atoms with Crippen LogP contribution in [0.25, 0.3) is 0 Å². The topological polar surface area (TPSA) is 107 Å². The van der Waals surface area contributed by atoms with Gasteiger partial charge in [-0.15, -0.1) is 0 Å². The van der Waals surface area contributed by atoms with Crippen molar-refractivity contribution in [3.05, 3.63) is 83.4 Å². The minimum Gasteiger partial charge on any atom is -0.508 e. The van der Waals surface area contributed by atoms with Crippen LogP contribution < -0.4 is 0 Å². The molecule has 0 aromatic heterocycles. The van der Waals surface area contributed by atoms with Crippen molar-refractivity contribution >= 4 is 5.97 Å². The molecule has 0 bridgehead atoms. The number of hydrogen-bond acceptors (Lipinski definition) is 6. The number of carbonyl (C=O) groups excluding carboxylic acids is 1. The average molecular weight is 396 g/mol. The molecule has 29 heavy (non-hydrogen) atoms. The Kier molecular flexibility index (Phi) is 6.72. The van der Waals surface area contributed by atoms with E-state index in [2.05, 4.69) is 4.74 Å². The predicted molar refractivity (Wildman–Crippen MR) is 109 cm³/mol. The molecule has 0 aliphatic carbocycles. The van der Waals surface area contributed by atoms with Crippen molar-refractivity contribution in [2.24, 2.45) is 0 Å². The van der Waals surface area contributed by atoms with Gasteiger partial charge in [0.1, 0.15) is 28.6 Å². The molecule has 152 valence electrons. The quantitative estimate of drug-likeness (QED) is 0.492. The highest BCUT2D eigenvalue weighted by atomic mass is 16.5. The van der Waals surface area contributed by atoms with Crippen LogP contribution in [0.15, 0.2) is 66.7 Å². The van der Waals surface area contributed by atoms with Crippen molar-refractivity contribution in [2.45, 2.75) is 19.3 Å². The number of aromatic hydroxyl groups is 4. The SMILES string of the molecule is CC(C)(c1ccccc1O)c1ccccc1O.COC(=O)c1ccc(O)cc1O. The van der Waals surface area contributed by atoms with Gasteiger partial charge in [0.15, 0.2) is 0 Å². The van der Waals surface area contributed by atoms with Gasteiger partial charge in [0.25, 0.3) is 0 Å². The molecule has 0 unspecified atom stereocenters. The number of rotatable bonds is 3. The molecule has 0 saturated carbocycles. The molecule has 3 aromatic carbocycles. The second-order valence-electron chi connectivity index (χ2n) is 6.85. The zero-order valence-corrected chi connectivity index (χ0v) is 16.5. The van der Waals surface area contributed by atoms with Gasteiger partial charge in [-0.25, -0.2) is 4.79 Å². The van der Waals surface area contributed by atoms with Crippen LogP contribution in [0.5, 0.6) is 23.0 Å². The highest BCUT2D eigenvalue weighted by molar-refractivity contribution is 5.92. The molecule has 0 fully saturated rings. The van der Waals surface area contributed by atoms with Gasteiger partial charge in [-0.05, 0) is 24.3 Å². The third-order valence-corrected chi connectivity index (χ3v) is 4.54. The molecule has 0 aliphatic rings.